The summed E-state index contributed by atoms with van der Waals surface area (Å²) in [7, 11) is 0. The molecule has 3 aromatic rings. The molecule has 1 aromatic heterocycles. The molecular formula is C20H22N4OS. The van der Waals surface area contributed by atoms with Gasteiger partial charge in [0.15, 0.2) is 5.82 Å². The van der Waals surface area contributed by atoms with Gasteiger partial charge in [-0.1, -0.05) is 42.0 Å². The van der Waals surface area contributed by atoms with Crippen molar-refractivity contribution in [1.82, 2.24) is 14.8 Å². The van der Waals surface area contributed by atoms with Gasteiger partial charge in [0.05, 0.1) is 5.75 Å². The summed E-state index contributed by atoms with van der Waals surface area (Å²) in [5.41, 5.74) is 4.19. The maximum atomic E-state index is 12.2. The summed E-state index contributed by atoms with van der Waals surface area (Å²) in [5, 5.41) is 11.1. The molecule has 0 radical (unpaired) electrons. The third-order valence-electron chi connectivity index (χ3n) is 3.98. The summed E-state index contributed by atoms with van der Waals surface area (Å²) in [6.07, 6.45) is 1.71. The van der Waals surface area contributed by atoms with Gasteiger partial charge in [0.25, 0.3) is 0 Å². The smallest absolute Gasteiger partial charge is 0.234 e. The number of benzene rings is 2. The molecule has 0 unspecified atom stereocenters. The van der Waals surface area contributed by atoms with Crippen LogP contribution < -0.4 is 5.32 Å². The summed E-state index contributed by atoms with van der Waals surface area (Å²) in [5.74, 6) is 2.05. The molecule has 5 nitrogen and oxygen atoms in total. The quantitative estimate of drug-likeness (QED) is 0.682. The van der Waals surface area contributed by atoms with E-state index in [1.54, 1.807) is 18.1 Å². The van der Waals surface area contributed by atoms with Crippen molar-refractivity contribution in [3.8, 4) is 11.4 Å². The van der Waals surface area contributed by atoms with Crippen LogP contribution in [-0.4, -0.2) is 26.4 Å². The number of rotatable bonds is 7. The average molecular weight is 366 g/mol. The maximum absolute atomic E-state index is 12.2. The number of hydrogen-bond donors (Lipinski definition) is 1. The van der Waals surface area contributed by atoms with Crippen LogP contribution in [0.5, 0.6) is 0 Å². The second-order valence-electron chi connectivity index (χ2n) is 6.05. The van der Waals surface area contributed by atoms with E-state index in [1.165, 1.54) is 11.1 Å². The topological polar surface area (TPSA) is 59.8 Å². The Morgan fingerprint density at radius 3 is 2.77 bits per heavy atom. The zero-order valence-corrected chi connectivity index (χ0v) is 15.8. The highest BCUT2D eigenvalue weighted by molar-refractivity contribution is 7.99. The minimum Gasteiger partial charge on any atom is -0.325 e. The fourth-order valence-corrected chi connectivity index (χ4v) is 3.38. The van der Waals surface area contributed by atoms with Crippen molar-refractivity contribution in [3.63, 3.8) is 0 Å². The van der Waals surface area contributed by atoms with Crippen LogP contribution in [-0.2, 0) is 17.1 Å². The Balaban J connectivity index is 1.56. The van der Waals surface area contributed by atoms with Crippen LogP contribution in [0.2, 0.25) is 0 Å². The van der Waals surface area contributed by atoms with E-state index in [-0.39, 0.29) is 5.91 Å². The van der Waals surface area contributed by atoms with Crippen LogP contribution in [0, 0.1) is 6.92 Å². The minimum atomic E-state index is -0.00350. The van der Waals surface area contributed by atoms with Gasteiger partial charge >= 0.3 is 0 Å². The molecule has 0 aliphatic heterocycles. The Hall–Kier alpha value is -2.60. The summed E-state index contributed by atoms with van der Waals surface area (Å²) >= 11 is 1.61. The van der Waals surface area contributed by atoms with Crippen molar-refractivity contribution in [2.75, 3.05) is 11.1 Å². The van der Waals surface area contributed by atoms with Gasteiger partial charge in [-0.2, -0.15) is 0 Å². The lowest BCUT2D eigenvalue weighted by Crippen LogP contribution is -2.14. The Labute approximate surface area is 157 Å². The summed E-state index contributed by atoms with van der Waals surface area (Å²) in [4.78, 5) is 12.2. The number of anilines is 1. The average Bonchev–Trinajstić information content (AvgIpc) is 3.12. The number of thioether (sulfide) groups is 1. The lowest BCUT2D eigenvalue weighted by Gasteiger charge is -2.08. The first-order chi connectivity index (χ1) is 12.7. The highest BCUT2D eigenvalue weighted by Gasteiger charge is 2.08. The Morgan fingerprint density at radius 2 is 2.00 bits per heavy atom. The van der Waals surface area contributed by atoms with Crippen LogP contribution >= 0.6 is 11.8 Å². The molecule has 0 atom stereocenters. The molecule has 1 heterocycles. The van der Waals surface area contributed by atoms with E-state index in [9.17, 15) is 4.79 Å². The number of aromatic nitrogens is 3. The van der Waals surface area contributed by atoms with Gasteiger partial charge < -0.3 is 9.88 Å². The predicted molar refractivity (Wildman–Crippen MR) is 107 cm³/mol. The zero-order chi connectivity index (χ0) is 18.4. The fraction of sp³-hybridized carbons (Fsp3) is 0.250. The highest BCUT2D eigenvalue weighted by Crippen LogP contribution is 2.21. The number of aryl methyl sites for hydroxylation is 2. The Morgan fingerprint density at radius 1 is 1.19 bits per heavy atom. The van der Waals surface area contributed by atoms with Gasteiger partial charge in [-0.3, -0.25) is 4.79 Å². The summed E-state index contributed by atoms with van der Waals surface area (Å²) < 4.78 is 1.97. The third kappa shape index (κ3) is 4.73. The monoisotopic (exact) mass is 366 g/mol. The van der Waals surface area contributed by atoms with Crippen molar-refractivity contribution in [2.45, 2.75) is 26.1 Å². The Bertz CT molecular complexity index is 874. The molecule has 3 rings (SSSR count). The molecule has 1 N–H and O–H groups in total. The molecule has 0 spiro atoms. The largest absolute Gasteiger partial charge is 0.325 e. The zero-order valence-electron chi connectivity index (χ0n) is 15.0. The van der Waals surface area contributed by atoms with Crippen molar-refractivity contribution in [1.29, 1.82) is 0 Å². The molecule has 0 fully saturated rings. The second kappa shape index (κ2) is 8.67. The van der Waals surface area contributed by atoms with E-state index in [1.807, 2.05) is 35.8 Å². The summed E-state index contributed by atoms with van der Waals surface area (Å²) in [6, 6.07) is 16.1. The lowest BCUT2D eigenvalue weighted by atomic mass is 10.2. The first-order valence-corrected chi connectivity index (χ1v) is 9.72. The standard InChI is InChI=1S/C20H22N4OS/c1-3-24-14-21-23-20(24)17-5-4-6-18(11-17)22-19(25)13-26-12-16-9-7-15(2)8-10-16/h4-11,14H,3,12-13H2,1-2H3,(H,22,25). The Kier molecular flexibility index (Phi) is 6.07. The van der Waals surface area contributed by atoms with E-state index < -0.39 is 0 Å². The van der Waals surface area contributed by atoms with E-state index in [2.05, 4.69) is 46.7 Å². The number of carbonyl (C=O) groups excluding carboxylic acids is 1. The van der Waals surface area contributed by atoms with Crippen molar-refractivity contribution in [3.05, 3.63) is 66.0 Å². The highest BCUT2D eigenvalue weighted by atomic mass is 32.2. The van der Waals surface area contributed by atoms with Crippen LogP contribution in [0.4, 0.5) is 5.69 Å². The van der Waals surface area contributed by atoms with E-state index in [4.69, 9.17) is 0 Å². The van der Waals surface area contributed by atoms with Crippen LogP contribution in [0.15, 0.2) is 54.9 Å². The van der Waals surface area contributed by atoms with E-state index in [0.29, 0.717) is 5.75 Å². The molecular weight excluding hydrogens is 344 g/mol. The normalized spacial score (nSPS) is 10.7. The third-order valence-corrected chi connectivity index (χ3v) is 4.99. The molecule has 0 aliphatic carbocycles. The van der Waals surface area contributed by atoms with Crippen molar-refractivity contribution >= 4 is 23.4 Å². The van der Waals surface area contributed by atoms with E-state index in [0.717, 1.165) is 29.4 Å². The van der Waals surface area contributed by atoms with Gasteiger partial charge in [0.1, 0.15) is 6.33 Å². The number of nitrogens with zero attached hydrogens (tertiary/aromatic N) is 3. The van der Waals surface area contributed by atoms with Gasteiger partial charge in [-0.05, 0) is 31.5 Å². The predicted octanol–water partition coefficient (Wildman–Crippen LogP) is 4.15. The van der Waals surface area contributed by atoms with Gasteiger partial charge in [0.2, 0.25) is 5.91 Å². The molecule has 6 heteroatoms. The van der Waals surface area contributed by atoms with Gasteiger partial charge in [-0.15, -0.1) is 22.0 Å². The maximum Gasteiger partial charge on any atom is 0.234 e. The lowest BCUT2D eigenvalue weighted by molar-refractivity contribution is -0.113. The molecule has 0 bridgehead atoms. The molecule has 2 aromatic carbocycles. The van der Waals surface area contributed by atoms with Crippen LogP contribution in [0.25, 0.3) is 11.4 Å². The molecule has 0 aliphatic rings. The molecule has 0 saturated carbocycles. The molecule has 26 heavy (non-hydrogen) atoms. The molecule has 134 valence electrons. The number of nitrogens with one attached hydrogen (secondary N) is 1. The minimum absolute atomic E-state index is 0.00350. The van der Waals surface area contributed by atoms with E-state index >= 15 is 0 Å². The van der Waals surface area contributed by atoms with Gasteiger partial charge in [-0.25, -0.2) is 0 Å². The number of carbonyl (C=O) groups is 1. The second-order valence-corrected chi connectivity index (χ2v) is 7.03. The number of hydrogen-bond acceptors (Lipinski definition) is 4. The summed E-state index contributed by atoms with van der Waals surface area (Å²) in [6.45, 7) is 4.92. The molecule has 1 amide bonds. The van der Waals surface area contributed by atoms with Crippen LogP contribution in [0.1, 0.15) is 18.1 Å². The van der Waals surface area contributed by atoms with Crippen molar-refractivity contribution < 1.29 is 4.79 Å². The fourth-order valence-electron chi connectivity index (χ4n) is 2.59. The number of amides is 1. The first kappa shape index (κ1) is 18.2. The SMILES string of the molecule is CCn1cnnc1-c1cccc(NC(=O)CSCc2ccc(C)cc2)c1. The van der Waals surface area contributed by atoms with Crippen LogP contribution in [0.3, 0.4) is 0 Å². The molecule has 0 saturated heterocycles. The van der Waals surface area contributed by atoms with Crippen molar-refractivity contribution in [2.24, 2.45) is 0 Å². The first-order valence-electron chi connectivity index (χ1n) is 8.57. The van der Waals surface area contributed by atoms with Gasteiger partial charge in [0, 0.05) is 23.5 Å².